The van der Waals surface area contributed by atoms with Crippen LogP contribution in [0.2, 0.25) is 0 Å². The van der Waals surface area contributed by atoms with Crippen molar-refractivity contribution in [1.82, 2.24) is 30.2 Å². The van der Waals surface area contributed by atoms with Crippen LogP contribution in [0.15, 0.2) is 12.3 Å². The number of nitrogens with two attached hydrogens (primary N) is 1. The molecule has 4 aromatic rings. The molecule has 4 fully saturated rings. The van der Waals surface area contributed by atoms with Crippen LogP contribution in [0, 0.1) is 19.7 Å². The van der Waals surface area contributed by atoms with E-state index in [9.17, 15) is 4.39 Å². The Balaban J connectivity index is 1.26. The number of nitrogen functional groups attached to an aromatic ring is 1. The summed E-state index contributed by atoms with van der Waals surface area (Å²) in [5.41, 5.74) is 9.22. The van der Waals surface area contributed by atoms with E-state index in [0.29, 0.717) is 52.5 Å². The SMILES string of the molecule is Cc1cc2sc(N)nc2c(-c2ncc3c(N4CC5CCC(C4)N5)nc(OC[C@@]45CCCN4C[C@H](F)C5)nc3c2F)c1C. The molecule has 4 aliphatic heterocycles. The predicted octanol–water partition coefficient (Wildman–Crippen LogP) is 4.54. The third-order valence-electron chi connectivity index (χ3n) is 9.85. The second kappa shape index (κ2) is 9.65. The number of pyridine rings is 1. The topological polar surface area (TPSA) is 105 Å². The van der Waals surface area contributed by atoms with Gasteiger partial charge in [-0.1, -0.05) is 11.3 Å². The summed E-state index contributed by atoms with van der Waals surface area (Å²) in [6.07, 6.45) is 5.35. The number of aryl methyl sites for hydroxylation is 1. The molecular formula is C30H34F2N8OS. The van der Waals surface area contributed by atoms with Gasteiger partial charge in [-0.3, -0.25) is 9.88 Å². The van der Waals surface area contributed by atoms with Crippen LogP contribution in [0.25, 0.3) is 32.4 Å². The van der Waals surface area contributed by atoms with Crippen LogP contribution >= 0.6 is 11.3 Å². The molecule has 4 saturated heterocycles. The Morgan fingerprint density at radius 2 is 1.95 bits per heavy atom. The number of hydrogen-bond donors (Lipinski definition) is 2. The Labute approximate surface area is 246 Å². The Bertz CT molecular complexity index is 1720. The van der Waals surface area contributed by atoms with Gasteiger partial charge in [0.2, 0.25) is 0 Å². The summed E-state index contributed by atoms with van der Waals surface area (Å²) in [4.78, 5) is 23.1. The molecule has 2 unspecified atom stereocenters. The molecule has 8 rings (SSSR count). The normalized spacial score (nSPS) is 27.4. The molecule has 3 N–H and O–H groups in total. The maximum absolute atomic E-state index is 16.7. The van der Waals surface area contributed by atoms with Crippen molar-refractivity contribution in [3.8, 4) is 17.3 Å². The Kier molecular flexibility index (Phi) is 6.07. The predicted molar refractivity (Wildman–Crippen MR) is 160 cm³/mol. The molecule has 0 amide bonds. The molecule has 3 aromatic heterocycles. The minimum atomic E-state index is -0.862. The number of nitrogens with one attached hydrogen (secondary N) is 1. The fourth-order valence-electron chi connectivity index (χ4n) is 7.71. The number of fused-ring (bicyclic) bond motifs is 5. The van der Waals surface area contributed by atoms with E-state index in [1.165, 1.54) is 11.3 Å². The largest absolute Gasteiger partial charge is 0.461 e. The number of alkyl halides is 1. The van der Waals surface area contributed by atoms with E-state index in [0.717, 1.165) is 61.1 Å². The smallest absolute Gasteiger partial charge is 0.319 e. The van der Waals surface area contributed by atoms with Crippen molar-refractivity contribution < 1.29 is 13.5 Å². The highest BCUT2D eigenvalue weighted by Crippen LogP contribution is 2.42. The summed E-state index contributed by atoms with van der Waals surface area (Å²) in [6.45, 7) is 7.06. The maximum Gasteiger partial charge on any atom is 0.319 e. The lowest BCUT2D eigenvalue weighted by molar-refractivity contribution is 0.107. The fourth-order valence-corrected chi connectivity index (χ4v) is 8.56. The third-order valence-corrected chi connectivity index (χ3v) is 10.7. The molecule has 42 heavy (non-hydrogen) atoms. The number of nitrogens with zero attached hydrogens (tertiary/aromatic N) is 6. The number of ether oxygens (including phenoxy) is 1. The molecule has 2 bridgehead atoms. The van der Waals surface area contributed by atoms with Crippen LogP contribution in [0.3, 0.4) is 0 Å². The van der Waals surface area contributed by atoms with E-state index in [4.69, 9.17) is 15.5 Å². The number of benzene rings is 1. The number of piperazine rings is 1. The van der Waals surface area contributed by atoms with Crippen LogP contribution < -0.4 is 20.7 Å². The van der Waals surface area contributed by atoms with Crippen LogP contribution in [0.5, 0.6) is 6.01 Å². The number of aromatic nitrogens is 4. The quantitative estimate of drug-likeness (QED) is 0.346. The average Bonchev–Trinajstić information content (AvgIpc) is 3.70. The van der Waals surface area contributed by atoms with E-state index in [-0.39, 0.29) is 29.4 Å². The zero-order chi connectivity index (χ0) is 28.7. The second-order valence-corrected chi connectivity index (χ2v) is 13.6. The molecule has 0 radical (unpaired) electrons. The molecule has 9 nitrogen and oxygen atoms in total. The number of halogens is 2. The van der Waals surface area contributed by atoms with Crippen LogP contribution in [-0.4, -0.2) is 81.4 Å². The van der Waals surface area contributed by atoms with Gasteiger partial charge >= 0.3 is 6.01 Å². The molecule has 7 heterocycles. The fraction of sp³-hybridized carbons (Fsp3) is 0.533. The van der Waals surface area contributed by atoms with E-state index < -0.39 is 12.0 Å². The van der Waals surface area contributed by atoms with Crippen molar-refractivity contribution in [3.63, 3.8) is 0 Å². The minimum absolute atomic E-state index is 0.118. The molecule has 1 aromatic carbocycles. The molecule has 0 aliphatic carbocycles. The van der Waals surface area contributed by atoms with Gasteiger partial charge in [0.05, 0.1) is 21.1 Å². The van der Waals surface area contributed by atoms with E-state index >= 15 is 4.39 Å². The highest BCUT2D eigenvalue weighted by atomic mass is 32.1. The van der Waals surface area contributed by atoms with Crippen LogP contribution in [-0.2, 0) is 0 Å². The van der Waals surface area contributed by atoms with Crippen molar-refractivity contribution in [3.05, 3.63) is 29.2 Å². The maximum atomic E-state index is 16.7. The van der Waals surface area contributed by atoms with E-state index in [2.05, 4.69) is 30.1 Å². The monoisotopic (exact) mass is 592 g/mol. The first kappa shape index (κ1) is 26.4. The Morgan fingerprint density at radius 3 is 2.76 bits per heavy atom. The molecule has 0 spiro atoms. The summed E-state index contributed by atoms with van der Waals surface area (Å²) in [5, 5.41) is 4.63. The van der Waals surface area contributed by atoms with Crippen molar-refractivity contribution in [1.29, 1.82) is 0 Å². The van der Waals surface area contributed by atoms with E-state index in [1.807, 2.05) is 19.9 Å². The van der Waals surface area contributed by atoms with Gasteiger partial charge < -0.3 is 20.7 Å². The Hall–Kier alpha value is -3.22. The van der Waals surface area contributed by atoms with Gasteiger partial charge in [-0.25, -0.2) is 13.8 Å². The van der Waals surface area contributed by atoms with Crippen LogP contribution in [0.1, 0.15) is 43.2 Å². The highest BCUT2D eigenvalue weighted by Gasteiger charge is 2.49. The Morgan fingerprint density at radius 1 is 1.14 bits per heavy atom. The lowest BCUT2D eigenvalue weighted by Crippen LogP contribution is -2.51. The molecule has 12 heteroatoms. The van der Waals surface area contributed by atoms with E-state index in [1.54, 1.807) is 6.20 Å². The van der Waals surface area contributed by atoms with Gasteiger partial charge in [0.1, 0.15) is 29.8 Å². The van der Waals surface area contributed by atoms with Crippen molar-refractivity contribution in [2.45, 2.75) is 69.7 Å². The standard InChI is InChI=1S/C30H34F2N8OS/c1-15-8-21-25(36-28(33)42-21)22(16(15)2)26-23(32)24-20(10-34-26)27(39-12-18-4-5-19(13-39)35-18)38-29(37-24)41-14-30-6-3-7-40(30)11-17(31)9-30/h8,10,17-19,35H,3-7,9,11-14H2,1-2H3,(H2,33,36)/t17-,18?,19?,30+/m1/s1. The lowest BCUT2D eigenvalue weighted by Gasteiger charge is -2.34. The van der Waals surface area contributed by atoms with Crippen molar-refractivity contribution >= 4 is 43.4 Å². The van der Waals surface area contributed by atoms with Crippen LogP contribution in [0.4, 0.5) is 19.7 Å². The zero-order valence-corrected chi connectivity index (χ0v) is 24.6. The summed E-state index contributed by atoms with van der Waals surface area (Å²) in [5.74, 6) is 0.0944. The molecule has 0 saturated carbocycles. The summed E-state index contributed by atoms with van der Waals surface area (Å²) >= 11 is 1.38. The highest BCUT2D eigenvalue weighted by molar-refractivity contribution is 7.22. The van der Waals surface area contributed by atoms with Gasteiger partial charge in [-0.2, -0.15) is 9.97 Å². The van der Waals surface area contributed by atoms with Gasteiger partial charge in [0.25, 0.3) is 0 Å². The first-order valence-electron chi connectivity index (χ1n) is 14.8. The second-order valence-electron chi connectivity index (χ2n) is 12.5. The van der Waals surface area contributed by atoms with Gasteiger partial charge in [-0.15, -0.1) is 0 Å². The van der Waals surface area contributed by atoms with Crippen molar-refractivity contribution in [2.24, 2.45) is 0 Å². The molecule has 4 atom stereocenters. The first-order chi connectivity index (χ1) is 20.3. The summed E-state index contributed by atoms with van der Waals surface area (Å²) in [6, 6.07) is 2.87. The number of hydrogen-bond acceptors (Lipinski definition) is 10. The molecular weight excluding hydrogens is 558 g/mol. The number of thiazole rings is 1. The minimum Gasteiger partial charge on any atom is -0.461 e. The summed E-state index contributed by atoms with van der Waals surface area (Å²) in [7, 11) is 0. The van der Waals surface area contributed by atoms with Gasteiger partial charge in [0, 0.05) is 49.9 Å². The zero-order valence-electron chi connectivity index (χ0n) is 23.8. The number of rotatable bonds is 5. The van der Waals surface area contributed by atoms with Gasteiger partial charge in [0.15, 0.2) is 10.9 Å². The van der Waals surface area contributed by atoms with Crippen molar-refractivity contribution in [2.75, 3.05) is 43.4 Å². The number of anilines is 2. The third kappa shape index (κ3) is 4.13. The lowest BCUT2D eigenvalue weighted by atomic mass is 9.95. The average molecular weight is 593 g/mol. The molecule has 220 valence electrons. The first-order valence-corrected chi connectivity index (χ1v) is 15.7. The molecule has 4 aliphatic rings. The summed E-state index contributed by atoms with van der Waals surface area (Å²) < 4.78 is 38.3. The van der Waals surface area contributed by atoms with Gasteiger partial charge in [-0.05, 0) is 63.3 Å².